The van der Waals surface area contributed by atoms with E-state index in [-0.39, 0.29) is 16.7 Å². The first kappa shape index (κ1) is 18.4. The number of fused-ring (bicyclic) bond motifs is 1. The molecule has 0 radical (unpaired) electrons. The fourth-order valence-electron chi connectivity index (χ4n) is 2.51. The smallest absolute Gasteiger partial charge is 0.338 e. The molecule has 0 spiro atoms. The van der Waals surface area contributed by atoms with Crippen LogP contribution in [-0.2, 0) is 19.1 Å². The Morgan fingerprint density at radius 1 is 0.962 bits per heavy atom. The fraction of sp³-hybridized carbons (Fsp3) is 0.100. The SMILES string of the molecule is COC(=O)/C=C(\C(=O)OC)C(=C(C#N)C#N)c1cccc2ccccc12. The first-order valence-electron chi connectivity index (χ1n) is 7.48. The molecule has 0 heterocycles. The number of esters is 2. The number of ether oxygens (including phenoxy) is 2. The summed E-state index contributed by atoms with van der Waals surface area (Å²) in [5.41, 5.74) is -0.0680. The molecule has 2 aromatic carbocycles. The molecule has 0 atom stereocenters. The highest BCUT2D eigenvalue weighted by Gasteiger charge is 2.24. The van der Waals surface area contributed by atoms with E-state index in [0.29, 0.717) is 10.9 Å². The normalized spacial score (nSPS) is 10.4. The highest BCUT2D eigenvalue weighted by Crippen LogP contribution is 2.33. The molecule has 0 unspecified atom stereocenters. The highest BCUT2D eigenvalue weighted by molar-refractivity contribution is 6.14. The topological polar surface area (TPSA) is 100 Å². The second kappa shape index (κ2) is 8.27. The van der Waals surface area contributed by atoms with Gasteiger partial charge in [-0.25, -0.2) is 9.59 Å². The van der Waals surface area contributed by atoms with Crippen LogP contribution in [0.4, 0.5) is 0 Å². The minimum absolute atomic E-state index is 0.0176. The molecular weight excluding hydrogens is 332 g/mol. The van der Waals surface area contributed by atoms with Gasteiger partial charge in [0.25, 0.3) is 0 Å². The van der Waals surface area contributed by atoms with Crippen molar-refractivity contribution < 1.29 is 19.1 Å². The minimum atomic E-state index is -0.860. The van der Waals surface area contributed by atoms with E-state index in [1.807, 2.05) is 18.2 Å². The standard InChI is InChI=1S/C20H14N2O4/c1-25-18(23)10-17(20(24)26-2)19(14(11-21)12-22)16-9-5-7-13-6-3-4-8-15(13)16/h3-10H,1-2H3/b17-10-. The quantitative estimate of drug-likeness (QED) is 0.365. The molecule has 0 aromatic heterocycles. The van der Waals surface area contributed by atoms with Crippen molar-refractivity contribution in [1.82, 2.24) is 0 Å². The van der Waals surface area contributed by atoms with Crippen LogP contribution in [-0.4, -0.2) is 26.2 Å². The van der Waals surface area contributed by atoms with Gasteiger partial charge in [-0.1, -0.05) is 42.5 Å². The van der Waals surface area contributed by atoms with E-state index in [0.717, 1.165) is 25.7 Å². The number of nitriles is 2. The van der Waals surface area contributed by atoms with E-state index in [1.165, 1.54) is 0 Å². The van der Waals surface area contributed by atoms with Crippen molar-refractivity contribution in [2.75, 3.05) is 14.2 Å². The number of hydrogen-bond donors (Lipinski definition) is 0. The fourth-order valence-corrected chi connectivity index (χ4v) is 2.51. The lowest BCUT2D eigenvalue weighted by atomic mass is 9.89. The van der Waals surface area contributed by atoms with E-state index in [9.17, 15) is 20.1 Å². The van der Waals surface area contributed by atoms with E-state index in [4.69, 9.17) is 4.74 Å². The van der Waals surface area contributed by atoms with Crippen LogP contribution in [0.15, 0.2) is 59.7 Å². The Balaban J connectivity index is 2.93. The van der Waals surface area contributed by atoms with Crippen LogP contribution in [0.2, 0.25) is 0 Å². The third kappa shape index (κ3) is 3.61. The van der Waals surface area contributed by atoms with E-state index in [1.54, 1.807) is 36.4 Å². The Labute approximate surface area is 150 Å². The van der Waals surface area contributed by atoms with Crippen molar-refractivity contribution in [3.8, 4) is 12.1 Å². The van der Waals surface area contributed by atoms with Gasteiger partial charge >= 0.3 is 11.9 Å². The predicted octanol–water partition coefficient (Wildman–Crippen LogP) is 2.91. The van der Waals surface area contributed by atoms with Crippen molar-refractivity contribution >= 4 is 28.3 Å². The summed E-state index contributed by atoms with van der Waals surface area (Å²) in [6, 6.07) is 16.1. The van der Waals surface area contributed by atoms with Crippen LogP contribution < -0.4 is 0 Å². The maximum absolute atomic E-state index is 12.3. The van der Waals surface area contributed by atoms with Gasteiger partial charge in [0.1, 0.15) is 17.7 Å². The molecule has 2 rings (SSSR count). The van der Waals surface area contributed by atoms with Gasteiger partial charge in [-0.15, -0.1) is 0 Å². The number of benzene rings is 2. The number of nitrogens with zero attached hydrogens (tertiary/aromatic N) is 2. The molecule has 128 valence electrons. The summed E-state index contributed by atoms with van der Waals surface area (Å²) in [6.45, 7) is 0. The minimum Gasteiger partial charge on any atom is -0.466 e. The highest BCUT2D eigenvalue weighted by atomic mass is 16.5. The summed E-state index contributed by atoms with van der Waals surface area (Å²) in [6.07, 6.45) is 0.914. The Kier molecular flexibility index (Phi) is 5.87. The lowest BCUT2D eigenvalue weighted by Gasteiger charge is -2.13. The van der Waals surface area contributed by atoms with E-state index in [2.05, 4.69) is 4.74 Å². The maximum atomic E-state index is 12.3. The molecule has 0 fully saturated rings. The molecule has 26 heavy (non-hydrogen) atoms. The van der Waals surface area contributed by atoms with Crippen LogP contribution in [0.25, 0.3) is 16.3 Å². The molecule has 2 aromatic rings. The molecule has 0 aliphatic heterocycles. The number of allylic oxidation sites excluding steroid dienone is 1. The lowest BCUT2D eigenvalue weighted by molar-refractivity contribution is -0.138. The summed E-state index contributed by atoms with van der Waals surface area (Å²) in [7, 11) is 2.30. The van der Waals surface area contributed by atoms with Gasteiger partial charge in [-0.05, 0) is 16.3 Å². The van der Waals surface area contributed by atoms with E-state index < -0.39 is 11.9 Å². The predicted molar refractivity (Wildman–Crippen MR) is 94.2 cm³/mol. The molecule has 6 nitrogen and oxygen atoms in total. The Bertz CT molecular complexity index is 999. The molecule has 0 amide bonds. The third-order valence-corrected chi connectivity index (χ3v) is 3.67. The molecule has 0 N–H and O–H groups in total. The number of rotatable bonds is 4. The van der Waals surface area contributed by atoms with Crippen LogP contribution >= 0.6 is 0 Å². The summed E-state index contributed by atoms with van der Waals surface area (Å²) < 4.78 is 9.33. The van der Waals surface area contributed by atoms with Crippen molar-refractivity contribution in [1.29, 1.82) is 10.5 Å². The lowest BCUT2D eigenvalue weighted by Crippen LogP contribution is -2.11. The molecule has 0 bridgehead atoms. The van der Waals surface area contributed by atoms with Crippen LogP contribution in [0.5, 0.6) is 0 Å². The Hall–Kier alpha value is -3.90. The van der Waals surface area contributed by atoms with Gasteiger partial charge < -0.3 is 9.47 Å². The Morgan fingerprint density at radius 2 is 1.62 bits per heavy atom. The van der Waals surface area contributed by atoms with Crippen molar-refractivity contribution in [2.45, 2.75) is 0 Å². The summed E-state index contributed by atoms with van der Waals surface area (Å²) in [5.74, 6) is -1.67. The second-order valence-corrected chi connectivity index (χ2v) is 5.07. The average Bonchev–Trinajstić information content (AvgIpc) is 2.69. The molecule has 0 saturated heterocycles. The second-order valence-electron chi connectivity index (χ2n) is 5.07. The summed E-state index contributed by atoms with van der Waals surface area (Å²) in [4.78, 5) is 24.0. The van der Waals surface area contributed by atoms with Crippen molar-refractivity contribution in [3.63, 3.8) is 0 Å². The zero-order valence-corrected chi connectivity index (χ0v) is 14.1. The van der Waals surface area contributed by atoms with Crippen molar-refractivity contribution in [2.24, 2.45) is 0 Å². The van der Waals surface area contributed by atoms with Crippen LogP contribution in [0.3, 0.4) is 0 Å². The molecule has 0 saturated carbocycles. The van der Waals surface area contributed by atoms with Gasteiger partial charge in [0.2, 0.25) is 0 Å². The van der Waals surface area contributed by atoms with Gasteiger partial charge in [0.05, 0.1) is 19.8 Å². The Morgan fingerprint density at radius 3 is 2.23 bits per heavy atom. The first-order chi connectivity index (χ1) is 12.6. The van der Waals surface area contributed by atoms with Crippen molar-refractivity contribution in [3.05, 3.63) is 65.3 Å². The summed E-state index contributed by atoms with van der Waals surface area (Å²) >= 11 is 0. The number of methoxy groups -OCH3 is 2. The van der Waals surface area contributed by atoms with Gasteiger partial charge in [0, 0.05) is 11.6 Å². The van der Waals surface area contributed by atoms with Gasteiger partial charge in [-0.2, -0.15) is 10.5 Å². The average molecular weight is 346 g/mol. The van der Waals surface area contributed by atoms with Crippen LogP contribution in [0.1, 0.15) is 5.56 Å². The van der Waals surface area contributed by atoms with Gasteiger partial charge in [-0.3, -0.25) is 0 Å². The maximum Gasteiger partial charge on any atom is 0.338 e. The third-order valence-electron chi connectivity index (χ3n) is 3.67. The van der Waals surface area contributed by atoms with Gasteiger partial charge in [0.15, 0.2) is 0 Å². The molecule has 0 aliphatic rings. The zero-order valence-electron chi connectivity index (χ0n) is 14.1. The zero-order chi connectivity index (χ0) is 19.1. The molecule has 0 aliphatic carbocycles. The first-order valence-corrected chi connectivity index (χ1v) is 7.48. The van der Waals surface area contributed by atoms with Crippen LogP contribution in [0, 0.1) is 22.7 Å². The number of carbonyl (C=O) groups excluding carboxylic acids is 2. The number of carbonyl (C=O) groups is 2. The number of hydrogen-bond acceptors (Lipinski definition) is 6. The monoisotopic (exact) mass is 346 g/mol. The van der Waals surface area contributed by atoms with E-state index >= 15 is 0 Å². The molecular formula is C20H14N2O4. The summed E-state index contributed by atoms with van der Waals surface area (Å²) in [5, 5.41) is 20.4. The largest absolute Gasteiger partial charge is 0.466 e. The molecule has 6 heteroatoms.